The Kier molecular flexibility index (Phi) is 7.17. The van der Waals surface area contributed by atoms with E-state index in [9.17, 15) is 0 Å². The predicted octanol–water partition coefficient (Wildman–Crippen LogP) is 3.46. The van der Waals surface area contributed by atoms with Crippen molar-refractivity contribution in [3.8, 4) is 0 Å². The lowest BCUT2D eigenvalue weighted by Crippen LogP contribution is -2.44. The van der Waals surface area contributed by atoms with Crippen LogP contribution in [0.15, 0.2) is 24.4 Å². The number of pyridine rings is 1. The second kappa shape index (κ2) is 9.16. The van der Waals surface area contributed by atoms with Gasteiger partial charge in [-0.1, -0.05) is 32.8 Å². The van der Waals surface area contributed by atoms with Crippen molar-refractivity contribution in [2.45, 2.75) is 58.5 Å². The molecule has 0 bridgehead atoms. The Balaban J connectivity index is 1.89. The Bertz CT molecular complexity index is 379. The molecule has 0 aromatic carbocycles. The third-order valence-electron chi connectivity index (χ3n) is 4.62. The molecule has 3 nitrogen and oxygen atoms in total. The molecule has 1 aromatic rings. The summed E-state index contributed by atoms with van der Waals surface area (Å²) < 4.78 is 0. The van der Waals surface area contributed by atoms with Crippen LogP contribution in [0.5, 0.6) is 0 Å². The van der Waals surface area contributed by atoms with E-state index in [4.69, 9.17) is 0 Å². The maximum atomic E-state index is 4.47. The monoisotopic (exact) mass is 289 g/mol. The van der Waals surface area contributed by atoms with Crippen LogP contribution in [0.3, 0.4) is 0 Å². The molecule has 2 atom stereocenters. The van der Waals surface area contributed by atoms with Gasteiger partial charge in [-0.3, -0.25) is 9.88 Å². The van der Waals surface area contributed by atoms with E-state index in [0.717, 1.165) is 31.6 Å². The minimum atomic E-state index is 0.719. The van der Waals surface area contributed by atoms with Crippen molar-refractivity contribution >= 4 is 0 Å². The fourth-order valence-electron chi connectivity index (χ4n) is 3.38. The van der Waals surface area contributed by atoms with Crippen LogP contribution in [-0.4, -0.2) is 35.6 Å². The topological polar surface area (TPSA) is 28.2 Å². The van der Waals surface area contributed by atoms with E-state index in [1.54, 1.807) is 0 Å². The molecule has 1 fully saturated rings. The summed E-state index contributed by atoms with van der Waals surface area (Å²) in [7, 11) is 0. The van der Waals surface area contributed by atoms with Gasteiger partial charge in [-0.25, -0.2) is 0 Å². The molecule has 0 spiro atoms. The number of hydrogen-bond acceptors (Lipinski definition) is 3. The van der Waals surface area contributed by atoms with Gasteiger partial charge in [0.05, 0.1) is 5.69 Å². The molecule has 3 heteroatoms. The van der Waals surface area contributed by atoms with Gasteiger partial charge in [0, 0.05) is 25.3 Å². The molecule has 0 saturated heterocycles. The lowest BCUT2D eigenvalue weighted by molar-refractivity contribution is 0.166. The second-order valence-corrected chi connectivity index (χ2v) is 6.25. The molecule has 118 valence electrons. The van der Waals surface area contributed by atoms with Gasteiger partial charge < -0.3 is 5.32 Å². The Morgan fingerprint density at radius 2 is 2.10 bits per heavy atom. The van der Waals surface area contributed by atoms with E-state index >= 15 is 0 Å². The maximum absolute atomic E-state index is 4.47. The molecule has 2 rings (SSSR count). The summed E-state index contributed by atoms with van der Waals surface area (Å²) in [5, 5.41) is 3.77. The number of nitrogens with one attached hydrogen (secondary N) is 1. The number of nitrogens with zero attached hydrogens (tertiary/aromatic N) is 2. The average molecular weight is 289 g/mol. The molecule has 1 aliphatic rings. The summed E-state index contributed by atoms with van der Waals surface area (Å²) >= 11 is 0. The predicted molar refractivity (Wildman–Crippen MR) is 89.2 cm³/mol. The van der Waals surface area contributed by atoms with Gasteiger partial charge in [-0.15, -0.1) is 0 Å². The summed E-state index contributed by atoms with van der Waals surface area (Å²) in [6.45, 7) is 8.97. The highest BCUT2D eigenvalue weighted by Gasteiger charge is 2.26. The Morgan fingerprint density at radius 3 is 2.81 bits per heavy atom. The molecule has 2 unspecified atom stereocenters. The van der Waals surface area contributed by atoms with E-state index in [2.05, 4.69) is 41.2 Å². The van der Waals surface area contributed by atoms with Gasteiger partial charge in [0.2, 0.25) is 0 Å². The zero-order valence-electron chi connectivity index (χ0n) is 13.7. The molecule has 0 aliphatic heterocycles. The van der Waals surface area contributed by atoms with Crippen LogP contribution >= 0.6 is 0 Å². The van der Waals surface area contributed by atoms with Crippen molar-refractivity contribution in [3.05, 3.63) is 30.1 Å². The zero-order valence-corrected chi connectivity index (χ0v) is 13.7. The lowest BCUT2D eigenvalue weighted by Gasteiger charge is -2.36. The first-order valence-corrected chi connectivity index (χ1v) is 8.69. The largest absolute Gasteiger partial charge is 0.314 e. The molecular formula is C18H31N3. The summed E-state index contributed by atoms with van der Waals surface area (Å²) in [5.74, 6) is 0.800. The molecule has 0 amide bonds. The molecule has 1 saturated carbocycles. The Labute approximate surface area is 130 Å². The molecular weight excluding hydrogens is 258 g/mol. The van der Waals surface area contributed by atoms with E-state index in [1.807, 2.05) is 12.3 Å². The van der Waals surface area contributed by atoms with Crippen molar-refractivity contribution in [3.63, 3.8) is 0 Å². The standard InChI is InChI=1S/C18H31N3/c1-3-12-20-18-11-6-5-9-16(18)14-21(4-2)15-17-10-7-8-13-19-17/h7-8,10,13,16,18,20H,3-6,9,11-12,14-15H2,1-2H3. The minimum absolute atomic E-state index is 0.719. The molecule has 1 N–H and O–H groups in total. The van der Waals surface area contributed by atoms with Gasteiger partial charge in [0.1, 0.15) is 0 Å². The third kappa shape index (κ3) is 5.40. The zero-order chi connectivity index (χ0) is 14.9. The summed E-state index contributed by atoms with van der Waals surface area (Å²) in [6.07, 6.45) is 8.65. The second-order valence-electron chi connectivity index (χ2n) is 6.25. The summed E-state index contributed by atoms with van der Waals surface area (Å²) in [5.41, 5.74) is 1.19. The quantitative estimate of drug-likeness (QED) is 0.794. The first-order chi connectivity index (χ1) is 10.3. The van der Waals surface area contributed by atoms with Gasteiger partial charge >= 0.3 is 0 Å². The van der Waals surface area contributed by atoms with Crippen LogP contribution in [-0.2, 0) is 6.54 Å². The van der Waals surface area contributed by atoms with Gasteiger partial charge in [0.15, 0.2) is 0 Å². The molecule has 0 radical (unpaired) electrons. The van der Waals surface area contributed by atoms with Crippen LogP contribution in [0, 0.1) is 5.92 Å². The number of aromatic nitrogens is 1. The minimum Gasteiger partial charge on any atom is -0.314 e. The molecule has 1 heterocycles. The van der Waals surface area contributed by atoms with Gasteiger partial charge in [-0.2, -0.15) is 0 Å². The smallest absolute Gasteiger partial charge is 0.0543 e. The number of rotatable bonds is 8. The van der Waals surface area contributed by atoms with Crippen molar-refractivity contribution in [1.82, 2.24) is 15.2 Å². The first kappa shape index (κ1) is 16.4. The van der Waals surface area contributed by atoms with Crippen LogP contribution in [0.1, 0.15) is 51.6 Å². The van der Waals surface area contributed by atoms with E-state index in [-0.39, 0.29) is 0 Å². The van der Waals surface area contributed by atoms with E-state index < -0.39 is 0 Å². The van der Waals surface area contributed by atoms with Crippen molar-refractivity contribution in [1.29, 1.82) is 0 Å². The lowest BCUT2D eigenvalue weighted by atomic mass is 9.84. The fraction of sp³-hybridized carbons (Fsp3) is 0.722. The van der Waals surface area contributed by atoms with Crippen LogP contribution < -0.4 is 5.32 Å². The number of hydrogen-bond donors (Lipinski definition) is 1. The Hall–Kier alpha value is -0.930. The highest BCUT2D eigenvalue weighted by Crippen LogP contribution is 2.25. The highest BCUT2D eigenvalue weighted by molar-refractivity contribution is 5.03. The van der Waals surface area contributed by atoms with Gasteiger partial charge in [-0.05, 0) is 50.4 Å². The molecule has 1 aliphatic carbocycles. The van der Waals surface area contributed by atoms with Crippen molar-refractivity contribution in [2.75, 3.05) is 19.6 Å². The van der Waals surface area contributed by atoms with Crippen molar-refractivity contribution < 1.29 is 0 Å². The summed E-state index contributed by atoms with van der Waals surface area (Å²) in [6, 6.07) is 6.93. The third-order valence-corrected chi connectivity index (χ3v) is 4.62. The fourth-order valence-corrected chi connectivity index (χ4v) is 3.38. The normalized spacial score (nSPS) is 22.6. The first-order valence-electron chi connectivity index (χ1n) is 8.69. The van der Waals surface area contributed by atoms with Crippen molar-refractivity contribution in [2.24, 2.45) is 5.92 Å². The maximum Gasteiger partial charge on any atom is 0.0543 e. The highest BCUT2D eigenvalue weighted by atomic mass is 15.1. The van der Waals surface area contributed by atoms with E-state index in [1.165, 1.54) is 44.3 Å². The Morgan fingerprint density at radius 1 is 1.24 bits per heavy atom. The van der Waals surface area contributed by atoms with Crippen LogP contribution in [0.25, 0.3) is 0 Å². The molecule has 1 aromatic heterocycles. The molecule has 21 heavy (non-hydrogen) atoms. The van der Waals surface area contributed by atoms with E-state index in [0.29, 0.717) is 0 Å². The van der Waals surface area contributed by atoms with Crippen LogP contribution in [0.2, 0.25) is 0 Å². The summed E-state index contributed by atoms with van der Waals surface area (Å²) in [4.78, 5) is 7.03. The van der Waals surface area contributed by atoms with Crippen LogP contribution in [0.4, 0.5) is 0 Å². The SMILES string of the molecule is CCCNC1CCCCC1CN(CC)Cc1ccccn1. The average Bonchev–Trinajstić information content (AvgIpc) is 2.54. The van der Waals surface area contributed by atoms with Gasteiger partial charge in [0.25, 0.3) is 0 Å².